The molecule has 0 radical (unpaired) electrons. The zero-order valence-corrected chi connectivity index (χ0v) is 18.0. The smallest absolute Gasteiger partial charge is 0.325 e. The Bertz CT molecular complexity index is 1090. The average Bonchev–Trinajstić information content (AvgIpc) is 3.03. The van der Waals surface area contributed by atoms with Gasteiger partial charge >= 0.3 is 6.18 Å². The number of hydrogen-bond donors (Lipinski definition) is 1. The number of halogens is 5. The van der Waals surface area contributed by atoms with Crippen molar-refractivity contribution in [2.75, 3.05) is 5.32 Å². The van der Waals surface area contributed by atoms with Gasteiger partial charge in [0.25, 0.3) is 0 Å². The third-order valence-corrected chi connectivity index (χ3v) is 5.84. The summed E-state index contributed by atoms with van der Waals surface area (Å²) in [6.45, 7) is 1.56. The highest BCUT2D eigenvalue weighted by Crippen LogP contribution is 2.37. The Balaban J connectivity index is 1.77. The molecular weight excluding hydrogens is 460 g/mol. The zero-order valence-electron chi connectivity index (χ0n) is 15.7. The van der Waals surface area contributed by atoms with Crippen molar-refractivity contribution < 1.29 is 18.0 Å². The maximum atomic E-state index is 13.2. The molecule has 0 spiro atoms. The number of carbonyl (C=O) groups is 1. The van der Waals surface area contributed by atoms with Gasteiger partial charge in [-0.25, -0.2) is 0 Å². The SMILES string of the molecule is CC(Sc1nnc(-c2ccccc2Cl)n1C)C(=O)Nc1ccc(Cl)cc1C(F)(F)F. The number of rotatable bonds is 5. The minimum Gasteiger partial charge on any atom is -0.325 e. The van der Waals surface area contributed by atoms with Crippen LogP contribution in [0.2, 0.25) is 10.0 Å². The van der Waals surface area contributed by atoms with Gasteiger partial charge < -0.3 is 9.88 Å². The van der Waals surface area contributed by atoms with Crippen LogP contribution < -0.4 is 5.32 Å². The first-order valence-electron chi connectivity index (χ1n) is 8.56. The molecule has 0 aliphatic heterocycles. The van der Waals surface area contributed by atoms with Gasteiger partial charge in [-0.15, -0.1) is 10.2 Å². The van der Waals surface area contributed by atoms with Crippen LogP contribution in [0.5, 0.6) is 0 Å². The molecule has 5 nitrogen and oxygen atoms in total. The van der Waals surface area contributed by atoms with Gasteiger partial charge in [-0.2, -0.15) is 13.2 Å². The fourth-order valence-corrected chi connectivity index (χ4v) is 3.81. The van der Waals surface area contributed by atoms with E-state index in [1.807, 2.05) is 6.07 Å². The Morgan fingerprint density at radius 2 is 1.87 bits per heavy atom. The molecule has 0 saturated heterocycles. The maximum Gasteiger partial charge on any atom is 0.418 e. The van der Waals surface area contributed by atoms with Crippen LogP contribution in [0.25, 0.3) is 11.4 Å². The lowest BCUT2D eigenvalue weighted by Gasteiger charge is -2.16. The van der Waals surface area contributed by atoms with E-state index in [-0.39, 0.29) is 10.7 Å². The fraction of sp³-hybridized carbons (Fsp3) is 0.211. The number of aromatic nitrogens is 3. The van der Waals surface area contributed by atoms with Crippen LogP contribution in [0.4, 0.5) is 18.9 Å². The van der Waals surface area contributed by atoms with Crippen molar-refractivity contribution in [3.05, 3.63) is 58.1 Å². The van der Waals surface area contributed by atoms with Gasteiger partial charge in [0.1, 0.15) is 0 Å². The molecule has 1 N–H and O–H groups in total. The molecule has 1 heterocycles. The Morgan fingerprint density at radius 1 is 1.17 bits per heavy atom. The number of alkyl halides is 3. The molecule has 0 aliphatic carbocycles. The van der Waals surface area contributed by atoms with Crippen LogP contribution >= 0.6 is 35.0 Å². The van der Waals surface area contributed by atoms with Crippen LogP contribution in [-0.4, -0.2) is 25.9 Å². The Hall–Kier alpha value is -2.23. The summed E-state index contributed by atoms with van der Waals surface area (Å²) in [5.74, 6) is -0.108. The van der Waals surface area contributed by atoms with Gasteiger partial charge in [0, 0.05) is 17.6 Å². The molecule has 1 atom stereocenters. The van der Waals surface area contributed by atoms with Crippen molar-refractivity contribution in [3.63, 3.8) is 0 Å². The third kappa shape index (κ3) is 4.91. The fourth-order valence-electron chi connectivity index (χ4n) is 2.60. The first-order chi connectivity index (χ1) is 14.1. The van der Waals surface area contributed by atoms with Gasteiger partial charge in [0.15, 0.2) is 11.0 Å². The van der Waals surface area contributed by atoms with E-state index in [1.54, 1.807) is 36.7 Å². The van der Waals surface area contributed by atoms with Crippen LogP contribution in [0.1, 0.15) is 12.5 Å². The zero-order chi connectivity index (χ0) is 22.1. The normalized spacial score (nSPS) is 12.6. The van der Waals surface area contributed by atoms with E-state index in [2.05, 4.69) is 15.5 Å². The summed E-state index contributed by atoms with van der Waals surface area (Å²) in [6.07, 6.45) is -4.66. The summed E-state index contributed by atoms with van der Waals surface area (Å²) in [7, 11) is 1.71. The molecule has 158 valence electrons. The molecule has 3 aromatic rings. The van der Waals surface area contributed by atoms with Crippen LogP contribution in [0, 0.1) is 0 Å². The molecule has 1 unspecified atom stereocenters. The number of nitrogens with one attached hydrogen (secondary N) is 1. The predicted molar refractivity (Wildman–Crippen MR) is 112 cm³/mol. The molecule has 30 heavy (non-hydrogen) atoms. The summed E-state index contributed by atoms with van der Waals surface area (Å²) in [5, 5.41) is 10.6. The first-order valence-corrected chi connectivity index (χ1v) is 10.2. The molecular formula is C19H15Cl2F3N4OS. The van der Waals surface area contributed by atoms with E-state index in [0.717, 1.165) is 23.9 Å². The van der Waals surface area contributed by atoms with E-state index in [1.165, 1.54) is 6.07 Å². The molecule has 0 saturated carbocycles. The van der Waals surface area contributed by atoms with E-state index in [4.69, 9.17) is 23.2 Å². The third-order valence-electron chi connectivity index (χ3n) is 4.15. The lowest BCUT2D eigenvalue weighted by atomic mass is 10.1. The Morgan fingerprint density at radius 3 is 2.53 bits per heavy atom. The molecule has 11 heteroatoms. The first kappa shape index (κ1) is 22.5. The van der Waals surface area contributed by atoms with Crippen LogP contribution in [0.3, 0.4) is 0 Å². The summed E-state index contributed by atoms with van der Waals surface area (Å²) < 4.78 is 41.4. The minimum atomic E-state index is -4.66. The molecule has 2 aromatic carbocycles. The van der Waals surface area contributed by atoms with Gasteiger partial charge in [-0.05, 0) is 37.3 Å². The molecule has 1 amide bonds. The van der Waals surface area contributed by atoms with E-state index >= 15 is 0 Å². The number of thioether (sulfide) groups is 1. The predicted octanol–water partition coefficient (Wildman–Crippen LogP) is 5.93. The van der Waals surface area contributed by atoms with Crippen molar-refractivity contribution >= 4 is 46.6 Å². The highest BCUT2D eigenvalue weighted by atomic mass is 35.5. The number of amides is 1. The average molecular weight is 475 g/mol. The number of anilines is 1. The van der Waals surface area contributed by atoms with Gasteiger partial charge in [-0.1, -0.05) is 47.1 Å². The van der Waals surface area contributed by atoms with Gasteiger partial charge in [0.2, 0.25) is 5.91 Å². The maximum absolute atomic E-state index is 13.2. The lowest BCUT2D eigenvalue weighted by molar-refractivity contribution is -0.137. The molecule has 0 fully saturated rings. The van der Waals surface area contributed by atoms with Crippen molar-refractivity contribution in [3.8, 4) is 11.4 Å². The molecule has 3 rings (SSSR count). The van der Waals surface area contributed by atoms with E-state index < -0.39 is 22.9 Å². The van der Waals surface area contributed by atoms with Crippen LogP contribution in [0.15, 0.2) is 47.6 Å². The number of benzene rings is 2. The second kappa shape index (κ2) is 8.87. The largest absolute Gasteiger partial charge is 0.418 e. The summed E-state index contributed by atoms with van der Waals surface area (Å²) in [6, 6.07) is 10.3. The van der Waals surface area contributed by atoms with Crippen molar-refractivity contribution in [1.29, 1.82) is 0 Å². The summed E-state index contributed by atoms with van der Waals surface area (Å²) >= 11 is 12.9. The van der Waals surface area contributed by atoms with Crippen molar-refractivity contribution in [2.45, 2.75) is 23.5 Å². The Kier molecular flexibility index (Phi) is 6.64. The summed E-state index contributed by atoms with van der Waals surface area (Å²) in [4.78, 5) is 12.5. The number of carbonyl (C=O) groups excluding carboxylic acids is 1. The van der Waals surface area contributed by atoms with E-state index in [9.17, 15) is 18.0 Å². The van der Waals surface area contributed by atoms with Gasteiger partial charge in [-0.3, -0.25) is 4.79 Å². The second-order valence-corrected chi connectivity index (χ2v) is 8.43. The van der Waals surface area contributed by atoms with E-state index in [0.29, 0.717) is 21.6 Å². The van der Waals surface area contributed by atoms with Gasteiger partial charge in [0.05, 0.1) is 21.5 Å². The lowest BCUT2D eigenvalue weighted by Crippen LogP contribution is -2.24. The quantitative estimate of drug-likeness (QED) is 0.465. The molecule has 0 bridgehead atoms. The topological polar surface area (TPSA) is 59.8 Å². The second-order valence-electron chi connectivity index (χ2n) is 6.28. The standard InChI is InChI=1S/C19H15Cl2F3N4OS/c1-10(17(29)25-15-8-7-11(20)9-13(15)19(22,23)24)30-18-27-26-16(28(18)2)12-5-3-4-6-14(12)21/h3-10H,1-2H3,(H,25,29). The summed E-state index contributed by atoms with van der Waals surface area (Å²) in [5.41, 5.74) is -0.701. The van der Waals surface area contributed by atoms with Crippen molar-refractivity contribution in [2.24, 2.45) is 7.05 Å². The highest BCUT2D eigenvalue weighted by molar-refractivity contribution is 8.00. The molecule has 0 aliphatic rings. The molecule has 1 aromatic heterocycles. The minimum absolute atomic E-state index is 0.0751. The Labute approximate surface area is 184 Å². The van der Waals surface area contributed by atoms with Crippen molar-refractivity contribution in [1.82, 2.24) is 14.8 Å². The number of hydrogen-bond acceptors (Lipinski definition) is 4. The number of nitrogens with zero attached hydrogens (tertiary/aromatic N) is 3. The monoisotopic (exact) mass is 474 g/mol. The van der Waals surface area contributed by atoms with Crippen LogP contribution in [-0.2, 0) is 18.0 Å². The highest BCUT2D eigenvalue weighted by Gasteiger charge is 2.34.